The Kier molecular flexibility index (Phi) is 8.34. The molecule has 2 aromatic carbocycles. The molecule has 0 fully saturated rings. The number of hydrogen-bond donors (Lipinski definition) is 1. The highest BCUT2D eigenvalue weighted by Crippen LogP contribution is 2.21. The van der Waals surface area contributed by atoms with Gasteiger partial charge in [0.05, 0.1) is 13.2 Å². The molecule has 0 bridgehead atoms. The van der Waals surface area contributed by atoms with Crippen LogP contribution in [0.1, 0.15) is 31.9 Å². The molecule has 0 heterocycles. The van der Waals surface area contributed by atoms with Crippen LogP contribution < -0.4 is 14.8 Å². The highest BCUT2D eigenvalue weighted by Gasteiger charge is 2.17. The van der Waals surface area contributed by atoms with Gasteiger partial charge in [-0.15, -0.1) is 0 Å². The largest absolute Gasteiger partial charge is 0.497 e. The van der Waals surface area contributed by atoms with E-state index in [0.29, 0.717) is 17.4 Å². The first kappa shape index (κ1) is 21.3. The van der Waals surface area contributed by atoms with Crippen molar-refractivity contribution in [3.8, 4) is 11.5 Å². The van der Waals surface area contributed by atoms with Gasteiger partial charge < -0.3 is 19.5 Å². The van der Waals surface area contributed by atoms with Crippen LogP contribution in [0.3, 0.4) is 0 Å². The molecule has 6 nitrogen and oxygen atoms in total. The van der Waals surface area contributed by atoms with Crippen molar-refractivity contribution in [1.29, 1.82) is 0 Å². The fourth-order valence-corrected chi connectivity index (χ4v) is 2.67. The minimum Gasteiger partial charge on any atom is -0.497 e. The van der Waals surface area contributed by atoms with Gasteiger partial charge in [0.2, 0.25) is 0 Å². The Morgan fingerprint density at radius 3 is 2.18 bits per heavy atom. The minimum atomic E-state index is -0.605. The van der Waals surface area contributed by atoms with Crippen LogP contribution in [0.2, 0.25) is 0 Å². The lowest BCUT2D eigenvalue weighted by atomic mass is 9.97. The number of carbonyl (C=O) groups excluding carboxylic acids is 2. The second-order valence-electron chi connectivity index (χ2n) is 6.79. The maximum Gasteiger partial charge on any atom is 0.344 e. The first-order valence-electron chi connectivity index (χ1n) is 9.24. The van der Waals surface area contributed by atoms with Gasteiger partial charge in [-0.05, 0) is 42.2 Å². The van der Waals surface area contributed by atoms with E-state index in [0.717, 1.165) is 12.0 Å². The molecule has 1 amide bonds. The van der Waals surface area contributed by atoms with Crippen LogP contribution >= 0.6 is 0 Å². The zero-order valence-electron chi connectivity index (χ0n) is 16.5. The lowest BCUT2D eigenvalue weighted by Crippen LogP contribution is -2.33. The molecule has 1 unspecified atom stereocenters. The van der Waals surface area contributed by atoms with Crippen LogP contribution in [-0.2, 0) is 14.3 Å². The Balaban J connectivity index is 1.78. The van der Waals surface area contributed by atoms with Crippen molar-refractivity contribution < 1.29 is 23.8 Å². The van der Waals surface area contributed by atoms with Crippen LogP contribution in [0.4, 0.5) is 0 Å². The zero-order valence-corrected chi connectivity index (χ0v) is 16.5. The van der Waals surface area contributed by atoms with Gasteiger partial charge in [-0.2, -0.15) is 0 Å². The van der Waals surface area contributed by atoms with E-state index < -0.39 is 5.97 Å². The van der Waals surface area contributed by atoms with E-state index in [-0.39, 0.29) is 25.2 Å². The lowest BCUT2D eigenvalue weighted by Gasteiger charge is -2.21. The molecule has 2 rings (SSSR count). The van der Waals surface area contributed by atoms with Crippen molar-refractivity contribution in [2.75, 3.05) is 20.3 Å². The smallest absolute Gasteiger partial charge is 0.344 e. The van der Waals surface area contributed by atoms with Crippen LogP contribution in [0, 0.1) is 5.92 Å². The maximum atomic E-state index is 12.2. The molecular formula is C22H27NO5. The van der Waals surface area contributed by atoms with Crippen molar-refractivity contribution in [2.24, 2.45) is 5.92 Å². The molecule has 0 aromatic heterocycles. The summed E-state index contributed by atoms with van der Waals surface area (Å²) in [5.74, 6) is 0.675. The van der Waals surface area contributed by atoms with E-state index in [4.69, 9.17) is 14.2 Å². The molecule has 1 N–H and O–H groups in total. The third kappa shape index (κ3) is 7.31. The van der Waals surface area contributed by atoms with Crippen LogP contribution in [0.15, 0.2) is 54.6 Å². The lowest BCUT2D eigenvalue weighted by molar-refractivity contribution is -0.150. The summed E-state index contributed by atoms with van der Waals surface area (Å²) in [4.78, 5) is 24.0. The first-order chi connectivity index (χ1) is 13.5. The molecule has 0 saturated heterocycles. The Hall–Kier alpha value is -3.02. The van der Waals surface area contributed by atoms with Gasteiger partial charge in [-0.25, -0.2) is 4.79 Å². The molecule has 1 atom stereocenters. The number of methoxy groups -OCH3 is 1. The van der Waals surface area contributed by atoms with Crippen LogP contribution in [-0.4, -0.2) is 32.2 Å². The van der Waals surface area contributed by atoms with Gasteiger partial charge in [0, 0.05) is 0 Å². The summed E-state index contributed by atoms with van der Waals surface area (Å²) in [7, 11) is 1.57. The van der Waals surface area contributed by atoms with Crippen molar-refractivity contribution in [3.05, 3.63) is 60.2 Å². The highest BCUT2D eigenvalue weighted by molar-refractivity contribution is 5.81. The predicted octanol–water partition coefficient (Wildman–Crippen LogP) is 3.52. The van der Waals surface area contributed by atoms with Crippen molar-refractivity contribution in [2.45, 2.75) is 26.3 Å². The predicted molar refractivity (Wildman–Crippen MR) is 106 cm³/mol. The number of rotatable bonds is 10. The Morgan fingerprint density at radius 2 is 1.57 bits per heavy atom. The Bertz CT molecular complexity index is 743. The third-order valence-electron chi connectivity index (χ3n) is 4.02. The van der Waals surface area contributed by atoms with Crippen molar-refractivity contribution in [1.82, 2.24) is 5.32 Å². The summed E-state index contributed by atoms with van der Waals surface area (Å²) >= 11 is 0. The standard InChI is InChI=1S/C22H27NO5/c1-16(2)13-20(17-7-5-4-6-8-17)23-21(24)14-28-22(25)15-27-19-11-9-18(26-3)10-12-19/h4-12,16,20H,13-15H2,1-3H3,(H,23,24). The molecule has 0 spiro atoms. The van der Waals surface area contributed by atoms with Crippen LogP contribution in [0.5, 0.6) is 11.5 Å². The maximum absolute atomic E-state index is 12.2. The number of nitrogens with one attached hydrogen (secondary N) is 1. The van der Waals surface area contributed by atoms with Gasteiger partial charge in [0.1, 0.15) is 11.5 Å². The SMILES string of the molecule is COc1ccc(OCC(=O)OCC(=O)NC(CC(C)C)c2ccccc2)cc1. The average Bonchev–Trinajstić information content (AvgIpc) is 2.71. The molecule has 0 aliphatic carbocycles. The van der Waals surface area contributed by atoms with Gasteiger partial charge in [0.15, 0.2) is 13.2 Å². The van der Waals surface area contributed by atoms with E-state index in [1.54, 1.807) is 31.4 Å². The number of carbonyl (C=O) groups is 2. The fourth-order valence-electron chi connectivity index (χ4n) is 2.67. The molecule has 0 radical (unpaired) electrons. The average molecular weight is 385 g/mol. The summed E-state index contributed by atoms with van der Waals surface area (Å²) in [5.41, 5.74) is 1.03. The van der Waals surface area contributed by atoms with Crippen LogP contribution in [0.25, 0.3) is 0 Å². The van der Waals surface area contributed by atoms with Gasteiger partial charge in [-0.3, -0.25) is 4.79 Å². The molecule has 0 aliphatic rings. The molecule has 0 saturated carbocycles. The molecule has 6 heteroatoms. The quantitative estimate of drug-likeness (QED) is 0.634. The van der Waals surface area contributed by atoms with E-state index in [1.165, 1.54) is 0 Å². The first-order valence-corrected chi connectivity index (χ1v) is 9.24. The topological polar surface area (TPSA) is 73.9 Å². The summed E-state index contributed by atoms with van der Waals surface area (Å²) in [5, 5.41) is 2.94. The normalized spacial score (nSPS) is 11.6. The molecule has 28 heavy (non-hydrogen) atoms. The summed E-state index contributed by atoms with van der Waals surface area (Å²) in [6.45, 7) is 3.58. The van der Waals surface area contributed by atoms with E-state index >= 15 is 0 Å². The van der Waals surface area contributed by atoms with E-state index in [9.17, 15) is 9.59 Å². The van der Waals surface area contributed by atoms with Crippen molar-refractivity contribution >= 4 is 11.9 Å². The van der Waals surface area contributed by atoms with E-state index in [1.807, 2.05) is 30.3 Å². The second-order valence-corrected chi connectivity index (χ2v) is 6.79. The molecule has 0 aliphatic heterocycles. The minimum absolute atomic E-state index is 0.122. The number of amides is 1. The number of ether oxygens (including phenoxy) is 3. The number of esters is 1. The van der Waals surface area contributed by atoms with E-state index in [2.05, 4.69) is 19.2 Å². The molecular weight excluding hydrogens is 358 g/mol. The third-order valence-corrected chi connectivity index (χ3v) is 4.02. The Morgan fingerprint density at radius 1 is 0.929 bits per heavy atom. The van der Waals surface area contributed by atoms with Crippen molar-refractivity contribution in [3.63, 3.8) is 0 Å². The number of benzene rings is 2. The number of hydrogen-bond acceptors (Lipinski definition) is 5. The molecule has 2 aromatic rings. The summed E-state index contributed by atoms with van der Waals surface area (Å²) in [6, 6.07) is 16.5. The second kappa shape index (κ2) is 11.0. The highest BCUT2D eigenvalue weighted by atomic mass is 16.6. The van der Waals surface area contributed by atoms with Gasteiger partial charge >= 0.3 is 5.97 Å². The molecule has 150 valence electrons. The zero-order chi connectivity index (χ0) is 20.4. The van der Waals surface area contributed by atoms with Gasteiger partial charge in [0.25, 0.3) is 5.91 Å². The fraction of sp³-hybridized carbons (Fsp3) is 0.364. The Labute approximate surface area is 165 Å². The summed E-state index contributed by atoms with van der Waals surface area (Å²) in [6.07, 6.45) is 0.796. The van der Waals surface area contributed by atoms with Gasteiger partial charge in [-0.1, -0.05) is 44.2 Å². The monoisotopic (exact) mass is 385 g/mol. The summed E-state index contributed by atoms with van der Waals surface area (Å²) < 4.78 is 15.4.